The van der Waals surface area contributed by atoms with Gasteiger partial charge in [0.15, 0.2) is 0 Å². The summed E-state index contributed by atoms with van der Waals surface area (Å²) in [4.78, 5) is 0. The quantitative estimate of drug-likeness (QED) is 0.761. The Morgan fingerprint density at radius 1 is 0.875 bits per heavy atom. The first-order valence-corrected chi connectivity index (χ1v) is 5.95. The number of benzene rings is 2. The van der Waals surface area contributed by atoms with Crippen molar-refractivity contribution in [1.29, 1.82) is 0 Å². The van der Waals surface area contributed by atoms with Crippen molar-refractivity contribution < 1.29 is 4.74 Å². The van der Waals surface area contributed by atoms with Crippen LogP contribution in [0.15, 0.2) is 46.9 Å². The van der Waals surface area contributed by atoms with E-state index in [4.69, 9.17) is 4.74 Å². The lowest BCUT2D eigenvalue weighted by molar-refractivity contribution is 0.482. The molecule has 0 aromatic heterocycles. The molecule has 1 nitrogen and oxygen atoms in total. The minimum atomic E-state index is 0.865. The van der Waals surface area contributed by atoms with Crippen LogP contribution in [0.1, 0.15) is 11.1 Å². The Morgan fingerprint density at radius 2 is 1.50 bits per heavy atom. The summed E-state index contributed by atoms with van der Waals surface area (Å²) in [7, 11) is 0. The fourth-order valence-corrected chi connectivity index (χ4v) is 1.67. The van der Waals surface area contributed by atoms with Crippen LogP contribution in [0.4, 0.5) is 0 Å². The minimum absolute atomic E-state index is 0.865. The van der Waals surface area contributed by atoms with Gasteiger partial charge in [-0.2, -0.15) is 0 Å². The molecule has 0 aliphatic carbocycles. The molecule has 0 aliphatic rings. The first-order chi connectivity index (χ1) is 7.65. The Kier molecular flexibility index (Phi) is 3.30. The predicted molar refractivity (Wildman–Crippen MR) is 70.1 cm³/mol. The van der Waals surface area contributed by atoms with Gasteiger partial charge in [0.2, 0.25) is 0 Å². The van der Waals surface area contributed by atoms with Gasteiger partial charge in [0.25, 0.3) is 0 Å². The fourth-order valence-electron chi connectivity index (χ4n) is 1.42. The summed E-state index contributed by atoms with van der Waals surface area (Å²) in [6, 6.07) is 14.0. The van der Waals surface area contributed by atoms with Crippen LogP contribution in [0.5, 0.6) is 11.5 Å². The zero-order valence-corrected chi connectivity index (χ0v) is 10.9. The maximum atomic E-state index is 5.75. The number of hydrogen-bond acceptors (Lipinski definition) is 1. The van der Waals surface area contributed by atoms with Crippen LogP contribution in [0.3, 0.4) is 0 Å². The highest BCUT2D eigenvalue weighted by molar-refractivity contribution is 9.10. The molecule has 2 aromatic rings. The molecule has 0 fully saturated rings. The molecule has 0 aliphatic heterocycles. The molecule has 2 aromatic carbocycles. The van der Waals surface area contributed by atoms with E-state index in [1.165, 1.54) is 11.1 Å². The Morgan fingerprint density at radius 3 is 2.12 bits per heavy atom. The Hall–Kier alpha value is -1.28. The molecule has 0 spiro atoms. The third kappa shape index (κ3) is 2.64. The summed E-state index contributed by atoms with van der Waals surface area (Å²) >= 11 is 3.47. The second-order valence-electron chi connectivity index (χ2n) is 3.83. The van der Waals surface area contributed by atoms with Crippen molar-refractivity contribution in [2.75, 3.05) is 0 Å². The first kappa shape index (κ1) is 11.2. The van der Waals surface area contributed by atoms with E-state index in [0.29, 0.717) is 0 Å². The smallest absolute Gasteiger partial charge is 0.127 e. The third-order valence-electron chi connectivity index (χ3n) is 2.39. The molecule has 16 heavy (non-hydrogen) atoms. The van der Waals surface area contributed by atoms with Crippen molar-refractivity contribution >= 4 is 15.9 Å². The molecule has 0 unspecified atom stereocenters. The van der Waals surface area contributed by atoms with Gasteiger partial charge in [-0.05, 0) is 49.7 Å². The maximum absolute atomic E-state index is 5.75. The number of halogens is 1. The molecular formula is C14H13BrO. The molecule has 0 radical (unpaired) electrons. The van der Waals surface area contributed by atoms with Crippen molar-refractivity contribution in [2.45, 2.75) is 13.8 Å². The zero-order valence-electron chi connectivity index (χ0n) is 9.33. The summed E-state index contributed by atoms with van der Waals surface area (Å²) in [6.07, 6.45) is 0. The van der Waals surface area contributed by atoms with Gasteiger partial charge >= 0.3 is 0 Å². The number of aryl methyl sites for hydroxylation is 2. The zero-order chi connectivity index (χ0) is 11.5. The highest BCUT2D eigenvalue weighted by Crippen LogP contribution is 2.26. The summed E-state index contributed by atoms with van der Waals surface area (Å²) in [5.74, 6) is 1.73. The molecule has 0 heterocycles. The Bertz CT molecular complexity index is 489. The van der Waals surface area contributed by atoms with Crippen LogP contribution in [0.25, 0.3) is 0 Å². The molecule has 0 atom stereocenters. The topological polar surface area (TPSA) is 9.23 Å². The molecule has 0 bridgehead atoms. The summed E-state index contributed by atoms with van der Waals surface area (Å²) in [5.41, 5.74) is 2.41. The average Bonchev–Trinajstić information content (AvgIpc) is 2.27. The van der Waals surface area contributed by atoms with Crippen LogP contribution in [-0.4, -0.2) is 0 Å². The number of hydrogen-bond donors (Lipinski definition) is 0. The Balaban J connectivity index is 2.20. The van der Waals surface area contributed by atoms with E-state index >= 15 is 0 Å². The molecule has 0 amide bonds. The number of ether oxygens (including phenoxy) is 1. The average molecular weight is 277 g/mol. The van der Waals surface area contributed by atoms with E-state index in [-0.39, 0.29) is 0 Å². The van der Waals surface area contributed by atoms with Gasteiger partial charge in [-0.25, -0.2) is 0 Å². The lowest BCUT2D eigenvalue weighted by atomic mass is 10.2. The number of rotatable bonds is 2. The monoisotopic (exact) mass is 276 g/mol. The van der Waals surface area contributed by atoms with Crippen molar-refractivity contribution in [2.24, 2.45) is 0 Å². The lowest BCUT2D eigenvalue weighted by Crippen LogP contribution is -1.85. The van der Waals surface area contributed by atoms with Crippen LogP contribution < -0.4 is 4.74 Å². The Labute approximate surface area is 104 Å². The maximum Gasteiger partial charge on any atom is 0.127 e. The van der Waals surface area contributed by atoms with Crippen LogP contribution in [-0.2, 0) is 0 Å². The highest BCUT2D eigenvalue weighted by Gasteiger charge is 1.99. The van der Waals surface area contributed by atoms with Crippen molar-refractivity contribution in [3.05, 3.63) is 58.1 Å². The SMILES string of the molecule is Cc1ccc(Oc2ccc(Br)c(C)c2)cc1. The van der Waals surface area contributed by atoms with Crippen molar-refractivity contribution in [3.8, 4) is 11.5 Å². The van der Waals surface area contributed by atoms with Crippen LogP contribution >= 0.6 is 15.9 Å². The van der Waals surface area contributed by atoms with E-state index < -0.39 is 0 Å². The predicted octanol–water partition coefficient (Wildman–Crippen LogP) is 4.86. The largest absolute Gasteiger partial charge is 0.457 e. The van der Waals surface area contributed by atoms with Crippen molar-refractivity contribution in [1.82, 2.24) is 0 Å². The van der Waals surface area contributed by atoms with Crippen molar-refractivity contribution in [3.63, 3.8) is 0 Å². The minimum Gasteiger partial charge on any atom is -0.457 e. The van der Waals surface area contributed by atoms with Crippen LogP contribution in [0.2, 0.25) is 0 Å². The van der Waals surface area contributed by atoms with E-state index in [0.717, 1.165) is 16.0 Å². The van der Waals surface area contributed by atoms with Crippen LogP contribution in [0, 0.1) is 13.8 Å². The lowest BCUT2D eigenvalue weighted by Gasteiger charge is -2.07. The van der Waals surface area contributed by atoms with Gasteiger partial charge in [-0.1, -0.05) is 33.6 Å². The summed E-state index contributed by atoms with van der Waals surface area (Å²) < 4.78 is 6.85. The fraction of sp³-hybridized carbons (Fsp3) is 0.143. The standard InChI is InChI=1S/C14H13BrO/c1-10-3-5-12(6-4-10)16-13-7-8-14(15)11(2)9-13/h3-9H,1-2H3. The second-order valence-corrected chi connectivity index (χ2v) is 4.68. The highest BCUT2D eigenvalue weighted by atomic mass is 79.9. The normalized spacial score (nSPS) is 10.2. The molecule has 0 N–H and O–H groups in total. The van der Waals surface area contributed by atoms with Gasteiger partial charge in [0, 0.05) is 4.47 Å². The molecule has 0 saturated heterocycles. The van der Waals surface area contributed by atoms with E-state index in [1.807, 2.05) is 49.4 Å². The van der Waals surface area contributed by atoms with E-state index in [1.54, 1.807) is 0 Å². The van der Waals surface area contributed by atoms with Gasteiger partial charge < -0.3 is 4.74 Å². The van der Waals surface area contributed by atoms with E-state index in [9.17, 15) is 0 Å². The molecular weight excluding hydrogens is 264 g/mol. The summed E-state index contributed by atoms with van der Waals surface area (Å²) in [6.45, 7) is 4.11. The van der Waals surface area contributed by atoms with Gasteiger partial charge in [0.1, 0.15) is 11.5 Å². The second kappa shape index (κ2) is 4.71. The van der Waals surface area contributed by atoms with Gasteiger partial charge in [0.05, 0.1) is 0 Å². The molecule has 0 saturated carbocycles. The van der Waals surface area contributed by atoms with Gasteiger partial charge in [-0.3, -0.25) is 0 Å². The first-order valence-electron chi connectivity index (χ1n) is 5.16. The van der Waals surface area contributed by atoms with E-state index in [2.05, 4.69) is 22.9 Å². The molecule has 2 heteroatoms. The summed E-state index contributed by atoms with van der Waals surface area (Å²) in [5, 5.41) is 0. The molecule has 82 valence electrons. The van der Waals surface area contributed by atoms with Gasteiger partial charge in [-0.15, -0.1) is 0 Å². The third-order valence-corrected chi connectivity index (χ3v) is 3.28. The molecule has 2 rings (SSSR count).